The number of nitro groups is 1. The summed E-state index contributed by atoms with van der Waals surface area (Å²) in [5.74, 6) is 1.41. The molecule has 1 atom stereocenters. The summed E-state index contributed by atoms with van der Waals surface area (Å²) in [6.07, 6.45) is 0. The van der Waals surface area contributed by atoms with Crippen LogP contribution in [0, 0.1) is 24.0 Å². The van der Waals surface area contributed by atoms with Gasteiger partial charge in [-0.3, -0.25) is 10.1 Å². The van der Waals surface area contributed by atoms with Crippen LogP contribution in [0.5, 0.6) is 0 Å². The minimum Gasteiger partial charge on any atom is -0.466 e. The van der Waals surface area contributed by atoms with Gasteiger partial charge in [-0.25, -0.2) is 0 Å². The Labute approximate surface area is 120 Å². The molecule has 0 aliphatic heterocycles. The fraction of sp³-hybridized carbons (Fsp3) is 0.385. The fourth-order valence-corrected chi connectivity index (χ4v) is 2.76. The van der Waals surface area contributed by atoms with Crippen molar-refractivity contribution in [3.8, 4) is 0 Å². The van der Waals surface area contributed by atoms with Gasteiger partial charge in [-0.2, -0.15) is 0 Å². The lowest BCUT2D eigenvalue weighted by molar-refractivity contribution is -0.380. The summed E-state index contributed by atoms with van der Waals surface area (Å²) >= 11 is 1.04. The SMILES string of the molecule is Cc1cc([C@](C)(O)CNc2ccc([N+](=O)[O-])s2)c(C)o1. The minimum atomic E-state index is -1.11. The molecule has 7 heteroatoms. The Morgan fingerprint density at radius 1 is 1.50 bits per heavy atom. The Kier molecular flexibility index (Phi) is 3.82. The van der Waals surface area contributed by atoms with E-state index in [0.717, 1.165) is 17.1 Å². The van der Waals surface area contributed by atoms with E-state index in [9.17, 15) is 15.2 Å². The number of aryl methyl sites for hydroxylation is 2. The molecule has 2 aromatic rings. The largest absolute Gasteiger partial charge is 0.466 e. The third-order valence-corrected chi connectivity index (χ3v) is 3.99. The number of hydrogen-bond acceptors (Lipinski definition) is 6. The van der Waals surface area contributed by atoms with Gasteiger partial charge in [-0.05, 0) is 44.2 Å². The van der Waals surface area contributed by atoms with Crippen molar-refractivity contribution in [2.75, 3.05) is 11.9 Å². The van der Waals surface area contributed by atoms with Crippen LogP contribution in [-0.4, -0.2) is 16.6 Å². The summed E-state index contributed by atoms with van der Waals surface area (Å²) in [5, 5.41) is 24.9. The average Bonchev–Trinajstić information content (AvgIpc) is 2.93. The molecule has 2 heterocycles. The van der Waals surface area contributed by atoms with E-state index in [1.54, 1.807) is 26.0 Å². The monoisotopic (exact) mass is 296 g/mol. The summed E-state index contributed by atoms with van der Waals surface area (Å²) in [7, 11) is 0. The maximum absolute atomic E-state index is 10.6. The Hall–Kier alpha value is -1.86. The number of anilines is 1. The lowest BCUT2D eigenvalue weighted by Gasteiger charge is -2.23. The quantitative estimate of drug-likeness (QED) is 0.653. The highest BCUT2D eigenvalue weighted by Crippen LogP contribution is 2.31. The molecule has 2 N–H and O–H groups in total. The minimum absolute atomic E-state index is 0.0717. The van der Waals surface area contributed by atoms with E-state index in [1.165, 1.54) is 6.07 Å². The van der Waals surface area contributed by atoms with Crippen molar-refractivity contribution in [2.45, 2.75) is 26.4 Å². The van der Waals surface area contributed by atoms with E-state index in [4.69, 9.17) is 4.42 Å². The molecule has 0 aromatic carbocycles. The van der Waals surface area contributed by atoms with Crippen molar-refractivity contribution in [3.63, 3.8) is 0 Å². The Morgan fingerprint density at radius 2 is 2.20 bits per heavy atom. The highest BCUT2D eigenvalue weighted by molar-refractivity contribution is 7.19. The first kappa shape index (κ1) is 14.5. The summed E-state index contributed by atoms with van der Waals surface area (Å²) in [6.45, 7) is 5.54. The molecular weight excluding hydrogens is 280 g/mol. The number of rotatable bonds is 5. The highest BCUT2D eigenvalue weighted by atomic mass is 32.1. The topological polar surface area (TPSA) is 88.5 Å². The first-order chi connectivity index (χ1) is 9.29. The van der Waals surface area contributed by atoms with Crippen molar-refractivity contribution in [3.05, 3.63) is 45.4 Å². The van der Waals surface area contributed by atoms with Crippen LogP contribution in [0.2, 0.25) is 0 Å². The summed E-state index contributed by atoms with van der Waals surface area (Å²) in [5.41, 5.74) is -0.394. The van der Waals surface area contributed by atoms with Gasteiger partial charge in [-0.15, -0.1) is 0 Å². The van der Waals surface area contributed by atoms with E-state index in [0.29, 0.717) is 16.3 Å². The van der Waals surface area contributed by atoms with Gasteiger partial charge in [0.05, 0.1) is 9.92 Å². The predicted octanol–water partition coefficient (Wildman–Crippen LogP) is 3.19. The molecule has 0 spiro atoms. The van der Waals surface area contributed by atoms with E-state index >= 15 is 0 Å². The predicted molar refractivity (Wildman–Crippen MR) is 77.2 cm³/mol. The fourth-order valence-electron chi connectivity index (χ4n) is 2.04. The van der Waals surface area contributed by atoms with Crippen LogP contribution in [0.3, 0.4) is 0 Å². The van der Waals surface area contributed by atoms with Crippen LogP contribution in [0.25, 0.3) is 0 Å². The number of nitrogens with zero attached hydrogens (tertiary/aromatic N) is 1. The number of furan rings is 1. The van der Waals surface area contributed by atoms with Gasteiger partial charge in [0.15, 0.2) is 0 Å². The second-order valence-electron chi connectivity index (χ2n) is 4.85. The molecule has 2 rings (SSSR count). The van der Waals surface area contributed by atoms with Gasteiger partial charge in [0.25, 0.3) is 0 Å². The van der Waals surface area contributed by atoms with Crippen LogP contribution in [-0.2, 0) is 5.60 Å². The molecule has 2 aromatic heterocycles. The van der Waals surface area contributed by atoms with Crippen molar-refractivity contribution < 1.29 is 14.4 Å². The van der Waals surface area contributed by atoms with Crippen LogP contribution < -0.4 is 5.32 Å². The molecule has 0 unspecified atom stereocenters. The third kappa shape index (κ3) is 3.00. The third-order valence-electron chi connectivity index (χ3n) is 3.00. The lowest BCUT2D eigenvalue weighted by atomic mass is 9.96. The summed E-state index contributed by atoms with van der Waals surface area (Å²) in [6, 6.07) is 4.87. The standard InChI is InChI=1S/C13H16N2O4S/c1-8-6-10(9(2)19-8)13(3,16)7-14-11-4-5-12(20-11)15(17)18/h4-6,14,16H,7H2,1-3H3/t13-/m1/s1. The van der Waals surface area contributed by atoms with E-state index < -0.39 is 10.5 Å². The van der Waals surface area contributed by atoms with E-state index in [1.807, 2.05) is 6.92 Å². The normalized spacial score (nSPS) is 14.0. The molecule has 20 heavy (non-hydrogen) atoms. The zero-order valence-corrected chi connectivity index (χ0v) is 12.3. The number of hydrogen-bond donors (Lipinski definition) is 2. The molecule has 6 nitrogen and oxygen atoms in total. The van der Waals surface area contributed by atoms with Crippen LogP contribution in [0.1, 0.15) is 24.0 Å². The van der Waals surface area contributed by atoms with Crippen molar-refractivity contribution >= 4 is 21.3 Å². The molecule has 0 saturated carbocycles. The molecule has 0 saturated heterocycles. The van der Waals surface area contributed by atoms with Crippen LogP contribution >= 0.6 is 11.3 Å². The lowest BCUT2D eigenvalue weighted by Crippen LogP contribution is -2.30. The van der Waals surface area contributed by atoms with Gasteiger partial charge < -0.3 is 14.8 Å². The Bertz CT molecular complexity index is 630. The summed E-state index contributed by atoms with van der Waals surface area (Å²) in [4.78, 5) is 10.2. The molecule has 0 aliphatic carbocycles. The second-order valence-corrected chi connectivity index (χ2v) is 5.91. The van der Waals surface area contributed by atoms with E-state index in [2.05, 4.69) is 5.32 Å². The van der Waals surface area contributed by atoms with Crippen LogP contribution in [0.15, 0.2) is 22.6 Å². The zero-order chi connectivity index (χ0) is 14.9. The maximum atomic E-state index is 10.6. The number of nitrogens with one attached hydrogen (secondary N) is 1. The van der Waals surface area contributed by atoms with Gasteiger partial charge in [0.1, 0.15) is 17.1 Å². The maximum Gasteiger partial charge on any atom is 0.326 e. The zero-order valence-electron chi connectivity index (χ0n) is 11.5. The molecule has 108 valence electrons. The molecule has 0 aliphatic rings. The Morgan fingerprint density at radius 3 is 2.70 bits per heavy atom. The molecular formula is C13H16N2O4S. The molecule has 0 radical (unpaired) electrons. The average molecular weight is 296 g/mol. The number of aliphatic hydroxyl groups is 1. The van der Waals surface area contributed by atoms with Crippen molar-refractivity contribution in [2.24, 2.45) is 0 Å². The van der Waals surface area contributed by atoms with Crippen LogP contribution in [0.4, 0.5) is 10.0 Å². The van der Waals surface area contributed by atoms with Gasteiger partial charge in [0.2, 0.25) is 0 Å². The summed E-state index contributed by atoms with van der Waals surface area (Å²) < 4.78 is 5.41. The van der Waals surface area contributed by atoms with Gasteiger partial charge in [0, 0.05) is 18.2 Å². The van der Waals surface area contributed by atoms with E-state index in [-0.39, 0.29) is 11.5 Å². The second kappa shape index (κ2) is 5.26. The van der Waals surface area contributed by atoms with Crippen molar-refractivity contribution in [1.82, 2.24) is 0 Å². The van der Waals surface area contributed by atoms with Crippen molar-refractivity contribution in [1.29, 1.82) is 0 Å². The molecule has 0 amide bonds. The molecule has 0 bridgehead atoms. The van der Waals surface area contributed by atoms with Gasteiger partial charge >= 0.3 is 5.00 Å². The highest BCUT2D eigenvalue weighted by Gasteiger charge is 2.27. The van der Waals surface area contributed by atoms with Gasteiger partial charge in [-0.1, -0.05) is 0 Å². The Balaban J connectivity index is 2.08. The number of thiophene rings is 1. The first-order valence-electron chi connectivity index (χ1n) is 6.07. The molecule has 0 fully saturated rings. The first-order valence-corrected chi connectivity index (χ1v) is 6.89. The smallest absolute Gasteiger partial charge is 0.326 e.